The number of nitrogens with two attached hydrogens (primary N) is 1. The molecule has 0 aliphatic carbocycles. The Hall–Kier alpha value is -0.550. The third-order valence-corrected chi connectivity index (χ3v) is 2.59. The van der Waals surface area contributed by atoms with Crippen molar-refractivity contribution < 1.29 is 9.90 Å². The van der Waals surface area contributed by atoms with Gasteiger partial charge in [-0.3, -0.25) is 4.79 Å². The van der Waals surface area contributed by atoms with Gasteiger partial charge in [0.25, 0.3) is 0 Å². The number of hydrogen-bond acceptors (Lipinski definition) is 2. The first-order valence-corrected chi connectivity index (χ1v) is 4.59. The van der Waals surface area contributed by atoms with Crippen LogP contribution in [0, 0.1) is 0 Å². The second kappa shape index (κ2) is 3.45. The standard InChI is InChI=1S/C7H5Br2NO2/c8-4-2-5(9)6(11)1-3(4)7(10)12/h1-2,11H,(H2,10,12). The molecule has 0 aliphatic heterocycles. The van der Waals surface area contributed by atoms with Crippen LogP contribution in [0.2, 0.25) is 0 Å². The van der Waals surface area contributed by atoms with Crippen molar-refractivity contribution in [3.8, 4) is 5.75 Å². The van der Waals surface area contributed by atoms with Crippen LogP contribution < -0.4 is 5.73 Å². The maximum absolute atomic E-state index is 10.8. The molecule has 12 heavy (non-hydrogen) atoms. The van der Waals surface area contributed by atoms with Crippen LogP contribution in [0.15, 0.2) is 21.1 Å². The molecule has 3 nitrogen and oxygen atoms in total. The summed E-state index contributed by atoms with van der Waals surface area (Å²) in [4.78, 5) is 10.8. The summed E-state index contributed by atoms with van der Waals surface area (Å²) < 4.78 is 1.07. The Morgan fingerprint density at radius 2 is 1.92 bits per heavy atom. The van der Waals surface area contributed by atoms with E-state index in [2.05, 4.69) is 31.9 Å². The number of hydrogen-bond donors (Lipinski definition) is 2. The summed E-state index contributed by atoms with van der Waals surface area (Å²) in [5.74, 6) is -0.586. The molecule has 0 saturated heterocycles. The molecule has 0 saturated carbocycles. The van der Waals surface area contributed by atoms with Crippen molar-refractivity contribution >= 4 is 37.8 Å². The Balaban J connectivity index is 3.33. The number of primary amides is 1. The molecule has 0 aliphatic rings. The Labute approximate surface area is 85.8 Å². The molecule has 0 fully saturated rings. The van der Waals surface area contributed by atoms with Gasteiger partial charge in [0, 0.05) is 4.47 Å². The molecule has 0 atom stereocenters. The lowest BCUT2D eigenvalue weighted by molar-refractivity contribution is 0.0999. The van der Waals surface area contributed by atoms with Crippen molar-refractivity contribution in [2.24, 2.45) is 5.73 Å². The average Bonchev–Trinajstić information content (AvgIpc) is 1.96. The van der Waals surface area contributed by atoms with Crippen LogP contribution in [0.1, 0.15) is 10.4 Å². The van der Waals surface area contributed by atoms with E-state index in [0.717, 1.165) is 0 Å². The van der Waals surface area contributed by atoms with E-state index in [9.17, 15) is 9.90 Å². The zero-order valence-corrected chi connectivity index (χ0v) is 9.02. The van der Waals surface area contributed by atoms with Crippen LogP contribution in [-0.2, 0) is 0 Å². The van der Waals surface area contributed by atoms with Crippen molar-refractivity contribution in [1.82, 2.24) is 0 Å². The molecule has 1 aromatic carbocycles. The summed E-state index contributed by atoms with van der Waals surface area (Å²) in [6, 6.07) is 2.87. The first kappa shape index (κ1) is 9.54. The highest BCUT2D eigenvalue weighted by Crippen LogP contribution is 2.30. The summed E-state index contributed by atoms with van der Waals surface area (Å²) in [6.07, 6.45) is 0. The first-order chi connectivity index (χ1) is 5.52. The van der Waals surface area contributed by atoms with E-state index in [-0.39, 0.29) is 11.3 Å². The predicted octanol–water partition coefficient (Wildman–Crippen LogP) is 2.02. The van der Waals surface area contributed by atoms with Crippen LogP contribution in [0.4, 0.5) is 0 Å². The van der Waals surface area contributed by atoms with Crippen molar-refractivity contribution in [1.29, 1.82) is 0 Å². The summed E-state index contributed by atoms with van der Waals surface area (Å²) in [6.45, 7) is 0. The van der Waals surface area contributed by atoms with E-state index < -0.39 is 5.91 Å². The molecule has 0 bridgehead atoms. The lowest BCUT2D eigenvalue weighted by Crippen LogP contribution is -2.11. The highest BCUT2D eigenvalue weighted by Gasteiger charge is 2.09. The second-order valence-corrected chi connectivity index (χ2v) is 3.86. The Morgan fingerprint density at radius 3 is 2.42 bits per heavy atom. The molecule has 5 heteroatoms. The smallest absolute Gasteiger partial charge is 0.249 e. The van der Waals surface area contributed by atoms with Crippen LogP contribution in [-0.4, -0.2) is 11.0 Å². The normalized spacial score (nSPS) is 9.83. The fourth-order valence-electron chi connectivity index (χ4n) is 0.726. The van der Waals surface area contributed by atoms with Gasteiger partial charge in [-0.2, -0.15) is 0 Å². The van der Waals surface area contributed by atoms with Gasteiger partial charge in [-0.25, -0.2) is 0 Å². The summed E-state index contributed by atoms with van der Waals surface area (Å²) in [5.41, 5.74) is 5.30. The summed E-state index contributed by atoms with van der Waals surface area (Å²) >= 11 is 6.24. The number of benzene rings is 1. The van der Waals surface area contributed by atoms with E-state index in [1.165, 1.54) is 6.07 Å². The van der Waals surface area contributed by atoms with Gasteiger partial charge in [0.05, 0.1) is 10.0 Å². The minimum absolute atomic E-state index is 0.00741. The monoisotopic (exact) mass is 293 g/mol. The lowest BCUT2D eigenvalue weighted by Gasteiger charge is -2.02. The zero-order chi connectivity index (χ0) is 9.30. The molecule has 0 spiro atoms. The molecule has 0 heterocycles. The number of amides is 1. The number of phenols is 1. The van der Waals surface area contributed by atoms with Crippen molar-refractivity contribution in [2.45, 2.75) is 0 Å². The van der Waals surface area contributed by atoms with Gasteiger partial charge in [0.1, 0.15) is 5.75 Å². The molecule has 1 rings (SSSR count). The number of rotatable bonds is 1. The van der Waals surface area contributed by atoms with Crippen LogP contribution >= 0.6 is 31.9 Å². The fraction of sp³-hybridized carbons (Fsp3) is 0. The van der Waals surface area contributed by atoms with E-state index >= 15 is 0 Å². The Morgan fingerprint density at radius 1 is 1.33 bits per heavy atom. The topological polar surface area (TPSA) is 63.3 Å². The van der Waals surface area contributed by atoms with Gasteiger partial charge in [-0.15, -0.1) is 0 Å². The highest BCUT2D eigenvalue weighted by atomic mass is 79.9. The largest absolute Gasteiger partial charge is 0.507 e. The number of carbonyl (C=O) groups excluding carboxylic acids is 1. The summed E-state index contributed by atoms with van der Waals surface area (Å²) in [7, 11) is 0. The molecule has 64 valence electrons. The first-order valence-electron chi connectivity index (χ1n) is 3.00. The molecular formula is C7H5Br2NO2. The third kappa shape index (κ3) is 1.78. The van der Waals surface area contributed by atoms with Crippen LogP contribution in [0.5, 0.6) is 5.75 Å². The van der Waals surface area contributed by atoms with Crippen LogP contribution in [0.25, 0.3) is 0 Å². The maximum atomic E-state index is 10.8. The average molecular weight is 295 g/mol. The lowest BCUT2D eigenvalue weighted by atomic mass is 10.2. The Kier molecular flexibility index (Phi) is 2.74. The highest BCUT2D eigenvalue weighted by molar-refractivity contribution is 9.11. The van der Waals surface area contributed by atoms with E-state index in [1.54, 1.807) is 6.07 Å². The number of phenolic OH excluding ortho intramolecular Hbond substituents is 1. The van der Waals surface area contributed by atoms with Gasteiger partial charge in [-0.05, 0) is 44.0 Å². The molecule has 0 unspecified atom stereocenters. The quantitative estimate of drug-likeness (QED) is 0.832. The SMILES string of the molecule is NC(=O)c1cc(O)c(Br)cc1Br. The number of carbonyl (C=O) groups is 1. The Bertz CT molecular complexity index is 338. The predicted molar refractivity (Wildman–Crippen MR) is 52.0 cm³/mol. The van der Waals surface area contributed by atoms with E-state index in [1.807, 2.05) is 0 Å². The third-order valence-electron chi connectivity index (χ3n) is 1.30. The van der Waals surface area contributed by atoms with Gasteiger partial charge in [-0.1, -0.05) is 0 Å². The van der Waals surface area contributed by atoms with Gasteiger partial charge in [0.15, 0.2) is 0 Å². The van der Waals surface area contributed by atoms with E-state index in [4.69, 9.17) is 5.73 Å². The van der Waals surface area contributed by atoms with Crippen LogP contribution in [0.3, 0.4) is 0 Å². The molecule has 1 aromatic rings. The molecular weight excluding hydrogens is 290 g/mol. The number of halogens is 2. The minimum Gasteiger partial charge on any atom is -0.507 e. The van der Waals surface area contributed by atoms with Crippen molar-refractivity contribution in [3.63, 3.8) is 0 Å². The molecule has 1 amide bonds. The van der Waals surface area contributed by atoms with E-state index in [0.29, 0.717) is 8.95 Å². The molecule has 3 N–H and O–H groups in total. The van der Waals surface area contributed by atoms with Gasteiger partial charge >= 0.3 is 0 Å². The molecule has 0 aromatic heterocycles. The second-order valence-electron chi connectivity index (χ2n) is 2.15. The van der Waals surface area contributed by atoms with Crippen molar-refractivity contribution in [3.05, 3.63) is 26.6 Å². The fourth-order valence-corrected chi connectivity index (χ4v) is 1.92. The number of aromatic hydroxyl groups is 1. The van der Waals surface area contributed by atoms with Gasteiger partial charge in [0.2, 0.25) is 5.91 Å². The molecule has 0 radical (unpaired) electrons. The summed E-state index contributed by atoms with van der Waals surface area (Å²) in [5, 5.41) is 9.20. The van der Waals surface area contributed by atoms with Crippen molar-refractivity contribution in [2.75, 3.05) is 0 Å². The maximum Gasteiger partial charge on any atom is 0.249 e. The minimum atomic E-state index is -0.579. The van der Waals surface area contributed by atoms with Gasteiger partial charge < -0.3 is 10.8 Å². The zero-order valence-electron chi connectivity index (χ0n) is 5.84.